The number of halogens is 1. The van der Waals surface area contributed by atoms with Gasteiger partial charge in [0.1, 0.15) is 0 Å². The Morgan fingerprint density at radius 3 is 2.32 bits per heavy atom. The molecule has 0 bridgehead atoms. The van der Waals surface area contributed by atoms with Crippen molar-refractivity contribution in [1.29, 1.82) is 0 Å². The fourth-order valence-electron chi connectivity index (χ4n) is 1.90. The molecule has 0 atom stereocenters. The lowest BCUT2D eigenvalue weighted by molar-refractivity contribution is 0.185. The predicted octanol–water partition coefficient (Wildman–Crippen LogP) is 3.78. The Morgan fingerprint density at radius 1 is 0.947 bits per heavy atom. The van der Waals surface area contributed by atoms with Gasteiger partial charge in [0.15, 0.2) is 0 Å². The highest BCUT2D eigenvalue weighted by atomic mass is 35.5. The van der Waals surface area contributed by atoms with Crippen molar-refractivity contribution in [2.24, 2.45) is 0 Å². The molecule has 0 aliphatic heterocycles. The second-order valence-corrected chi connectivity index (χ2v) is 4.85. The molecular formula is C16H18ClNO. The molecule has 0 heterocycles. The lowest BCUT2D eigenvalue weighted by atomic mass is 10.1. The van der Waals surface area contributed by atoms with Crippen LogP contribution in [-0.2, 0) is 24.4 Å². The molecule has 2 aromatic carbocycles. The lowest BCUT2D eigenvalue weighted by Gasteiger charge is -2.07. The maximum atomic E-state index is 6.11. The van der Waals surface area contributed by atoms with Gasteiger partial charge in [0, 0.05) is 25.2 Å². The van der Waals surface area contributed by atoms with E-state index in [0.717, 1.165) is 23.7 Å². The molecule has 100 valence electrons. The number of hydrogen-bond donors (Lipinski definition) is 1. The zero-order chi connectivity index (χ0) is 13.5. The summed E-state index contributed by atoms with van der Waals surface area (Å²) in [4.78, 5) is 0. The van der Waals surface area contributed by atoms with E-state index in [9.17, 15) is 0 Å². The third-order valence-corrected chi connectivity index (χ3v) is 3.31. The van der Waals surface area contributed by atoms with Gasteiger partial charge in [-0.1, -0.05) is 54.1 Å². The van der Waals surface area contributed by atoms with E-state index in [-0.39, 0.29) is 0 Å². The smallest absolute Gasteiger partial charge is 0.0713 e. The topological polar surface area (TPSA) is 21.3 Å². The molecule has 0 fully saturated rings. The van der Waals surface area contributed by atoms with Gasteiger partial charge in [-0.05, 0) is 22.8 Å². The number of benzene rings is 2. The van der Waals surface area contributed by atoms with Gasteiger partial charge in [-0.2, -0.15) is 0 Å². The zero-order valence-electron chi connectivity index (χ0n) is 11.0. The Hall–Kier alpha value is -1.35. The minimum absolute atomic E-state index is 0.660. The third-order valence-electron chi connectivity index (χ3n) is 2.94. The van der Waals surface area contributed by atoms with E-state index in [4.69, 9.17) is 16.3 Å². The second-order valence-electron chi connectivity index (χ2n) is 4.44. The average Bonchev–Trinajstić information content (AvgIpc) is 2.43. The summed E-state index contributed by atoms with van der Waals surface area (Å²) in [6, 6.07) is 16.3. The van der Waals surface area contributed by atoms with E-state index in [1.165, 1.54) is 11.1 Å². The molecule has 2 rings (SSSR count). The van der Waals surface area contributed by atoms with Crippen molar-refractivity contribution in [3.8, 4) is 0 Å². The first-order chi connectivity index (χ1) is 9.29. The summed E-state index contributed by atoms with van der Waals surface area (Å²) in [5.74, 6) is 0. The molecule has 0 saturated carbocycles. The van der Waals surface area contributed by atoms with Crippen LogP contribution in [0.2, 0.25) is 5.02 Å². The molecule has 0 aliphatic rings. The Bertz CT molecular complexity index is 510. The minimum atomic E-state index is 0.660. The van der Waals surface area contributed by atoms with Crippen molar-refractivity contribution < 1.29 is 4.74 Å². The van der Waals surface area contributed by atoms with Crippen LogP contribution < -0.4 is 5.32 Å². The van der Waals surface area contributed by atoms with Gasteiger partial charge in [-0.15, -0.1) is 0 Å². The molecule has 2 nitrogen and oxygen atoms in total. The molecule has 0 aliphatic carbocycles. The number of nitrogens with one attached hydrogen (secondary N) is 1. The summed E-state index contributed by atoms with van der Waals surface area (Å²) in [6.45, 7) is 2.27. The van der Waals surface area contributed by atoms with Crippen molar-refractivity contribution in [2.45, 2.75) is 19.7 Å². The first kappa shape index (κ1) is 14.1. The molecule has 0 aromatic heterocycles. The molecule has 1 N–H and O–H groups in total. The number of methoxy groups -OCH3 is 1. The van der Waals surface area contributed by atoms with Crippen LogP contribution in [0, 0.1) is 0 Å². The van der Waals surface area contributed by atoms with Gasteiger partial charge in [0.05, 0.1) is 6.61 Å². The van der Waals surface area contributed by atoms with E-state index < -0.39 is 0 Å². The van der Waals surface area contributed by atoms with Gasteiger partial charge >= 0.3 is 0 Å². The molecule has 0 radical (unpaired) electrons. The van der Waals surface area contributed by atoms with Crippen LogP contribution in [0.4, 0.5) is 0 Å². The summed E-state index contributed by atoms with van der Waals surface area (Å²) in [5, 5.41) is 4.21. The first-order valence-electron chi connectivity index (χ1n) is 6.30. The average molecular weight is 276 g/mol. The molecule has 0 saturated heterocycles. The number of hydrogen-bond acceptors (Lipinski definition) is 2. The van der Waals surface area contributed by atoms with E-state index in [1.807, 2.05) is 24.3 Å². The normalized spacial score (nSPS) is 10.6. The Balaban J connectivity index is 1.84. The first-order valence-corrected chi connectivity index (χ1v) is 6.68. The van der Waals surface area contributed by atoms with Crippen LogP contribution in [0.25, 0.3) is 0 Å². The van der Waals surface area contributed by atoms with E-state index in [1.54, 1.807) is 7.11 Å². The highest BCUT2D eigenvalue weighted by Crippen LogP contribution is 2.14. The van der Waals surface area contributed by atoms with Crippen molar-refractivity contribution in [3.05, 3.63) is 70.2 Å². The molecule has 2 aromatic rings. The second kappa shape index (κ2) is 7.29. The maximum Gasteiger partial charge on any atom is 0.0713 e. The highest BCUT2D eigenvalue weighted by molar-refractivity contribution is 6.31. The maximum absolute atomic E-state index is 6.11. The molecule has 0 spiro atoms. The number of ether oxygens (including phenoxy) is 1. The van der Waals surface area contributed by atoms with Crippen LogP contribution in [0.3, 0.4) is 0 Å². The summed E-state index contributed by atoms with van der Waals surface area (Å²) in [6.07, 6.45) is 0. The van der Waals surface area contributed by atoms with E-state index in [2.05, 4.69) is 29.6 Å². The molecule has 0 unspecified atom stereocenters. The highest BCUT2D eigenvalue weighted by Gasteiger charge is 1.99. The van der Waals surface area contributed by atoms with Crippen LogP contribution in [0.15, 0.2) is 48.5 Å². The zero-order valence-corrected chi connectivity index (χ0v) is 11.8. The third kappa shape index (κ3) is 4.35. The monoisotopic (exact) mass is 275 g/mol. The van der Waals surface area contributed by atoms with Crippen LogP contribution >= 0.6 is 11.6 Å². The molecular weight excluding hydrogens is 258 g/mol. The summed E-state index contributed by atoms with van der Waals surface area (Å²) >= 11 is 6.11. The van der Waals surface area contributed by atoms with Gasteiger partial charge in [0.25, 0.3) is 0 Å². The van der Waals surface area contributed by atoms with E-state index >= 15 is 0 Å². The van der Waals surface area contributed by atoms with E-state index in [0.29, 0.717) is 6.61 Å². The Morgan fingerprint density at radius 2 is 1.63 bits per heavy atom. The lowest BCUT2D eigenvalue weighted by Crippen LogP contribution is -2.12. The molecule has 19 heavy (non-hydrogen) atoms. The van der Waals surface area contributed by atoms with Crippen molar-refractivity contribution in [1.82, 2.24) is 5.32 Å². The summed E-state index contributed by atoms with van der Waals surface area (Å²) < 4.78 is 5.09. The van der Waals surface area contributed by atoms with Crippen LogP contribution in [0.1, 0.15) is 16.7 Å². The fourth-order valence-corrected chi connectivity index (χ4v) is 2.11. The largest absolute Gasteiger partial charge is 0.380 e. The summed E-state index contributed by atoms with van der Waals surface area (Å²) in [7, 11) is 1.71. The minimum Gasteiger partial charge on any atom is -0.380 e. The van der Waals surface area contributed by atoms with Crippen LogP contribution in [-0.4, -0.2) is 7.11 Å². The number of rotatable bonds is 6. The van der Waals surface area contributed by atoms with Crippen molar-refractivity contribution in [3.63, 3.8) is 0 Å². The van der Waals surface area contributed by atoms with Gasteiger partial charge < -0.3 is 10.1 Å². The predicted molar refractivity (Wildman–Crippen MR) is 79.2 cm³/mol. The van der Waals surface area contributed by atoms with Gasteiger partial charge in [-0.25, -0.2) is 0 Å². The van der Waals surface area contributed by atoms with Gasteiger partial charge in [0.2, 0.25) is 0 Å². The van der Waals surface area contributed by atoms with Gasteiger partial charge in [-0.3, -0.25) is 0 Å². The Kier molecular flexibility index (Phi) is 5.40. The SMILES string of the molecule is COCc1ccc(CNCc2ccccc2Cl)cc1. The molecule has 0 amide bonds. The molecule has 3 heteroatoms. The van der Waals surface area contributed by atoms with Crippen LogP contribution in [0.5, 0.6) is 0 Å². The van der Waals surface area contributed by atoms with Crippen molar-refractivity contribution >= 4 is 11.6 Å². The standard InChI is InChI=1S/C16H18ClNO/c1-19-12-14-8-6-13(7-9-14)10-18-11-15-4-2-3-5-16(15)17/h2-9,18H,10-12H2,1H3. The fraction of sp³-hybridized carbons (Fsp3) is 0.250. The van der Waals surface area contributed by atoms with Crippen molar-refractivity contribution in [2.75, 3.05) is 7.11 Å². The Labute approximate surface area is 119 Å². The quantitative estimate of drug-likeness (QED) is 0.866. The summed E-state index contributed by atoms with van der Waals surface area (Å²) in [5.41, 5.74) is 3.57.